The number of anilines is 2. The molecule has 0 aromatic heterocycles. The van der Waals surface area contributed by atoms with Gasteiger partial charge < -0.3 is 10.6 Å². The largest absolute Gasteiger partial charge is 0.323 e. The van der Waals surface area contributed by atoms with Gasteiger partial charge in [0.25, 0.3) is 0 Å². The van der Waals surface area contributed by atoms with E-state index in [1.54, 1.807) is 12.1 Å². The number of amides is 2. The molecule has 0 saturated carbocycles. The van der Waals surface area contributed by atoms with Crippen LogP contribution >= 0.6 is 0 Å². The molecule has 5 nitrogen and oxygen atoms in total. The summed E-state index contributed by atoms with van der Waals surface area (Å²) < 4.78 is 36.2. The lowest BCUT2D eigenvalue weighted by molar-refractivity contribution is 0.262. The maximum atomic E-state index is 13.3. The summed E-state index contributed by atoms with van der Waals surface area (Å²) in [6.45, 7) is 1.93. The zero-order valence-electron chi connectivity index (χ0n) is 12.8. The molecule has 7 heteroatoms. The highest BCUT2D eigenvalue weighted by Gasteiger charge is 2.13. The molecule has 0 aliphatic rings. The number of aryl methyl sites for hydroxylation is 1. The highest BCUT2D eigenvalue weighted by atomic mass is 32.2. The molecule has 2 N–H and O–H groups in total. The van der Waals surface area contributed by atoms with E-state index in [0.29, 0.717) is 5.69 Å². The second kappa shape index (κ2) is 6.78. The molecule has 0 aliphatic heterocycles. The van der Waals surface area contributed by atoms with Crippen LogP contribution in [0, 0.1) is 12.7 Å². The number of hydrogen-bond acceptors (Lipinski definition) is 3. The minimum atomic E-state index is -3.35. The number of carbonyl (C=O) groups is 1. The van der Waals surface area contributed by atoms with Crippen molar-refractivity contribution in [3.63, 3.8) is 0 Å². The van der Waals surface area contributed by atoms with Crippen molar-refractivity contribution in [2.45, 2.75) is 12.7 Å². The molecular weight excluding hydrogens is 319 g/mol. The fourth-order valence-electron chi connectivity index (χ4n) is 2.01. The molecule has 0 fully saturated rings. The van der Waals surface area contributed by atoms with Gasteiger partial charge in [-0.1, -0.05) is 17.7 Å². The van der Waals surface area contributed by atoms with Crippen LogP contribution < -0.4 is 10.6 Å². The Bertz CT molecular complexity index is 818. The predicted octanol–water partition coefficient (Wildman–Crippen LogP) is 3.32. The molecule has 0 atom stereocenters. The number of nitrogens with one attached hydrogen (secondary N) is 2. The third kappa shape index (κ3) is 5.37. The average Bonchev–Trinajstić information content (AvgIpc) is 2.43. The summed E-state index contributed by atoms with van der Waals surface area (Å²) in [6, 6.07) is 10.3. The van der Waals surface area contributed by atoms with E-state index >= 15 is 0 Å². The molecule has 0 spiro atoms. The highest BCUT2D eigenvalue weighted by Crippen LogP contribution is 2.20. The van der Waals surface area contributed by atoms with Crippen LogP contribution in [0.4, 0.5) is 20.6 Å². The van der Waals surface area contributed by atoms with E-state index in [0.717, 1.165) is 24.0 Å². The zero-order chi connectivity index (χ0) is 17.0. The minimum absolute atomic E-state index is 0.201. The van der Waals surface area contributed by atoms with Crippen molar-refractivity contribution in [3.05, 3.63) is 59.4 Å². The van der Waals surface area contributed by atoms with Gasteiger partial charge in [0.1, 0.15) is 5.82 Å². The summed E-state index contributed by atoms with van der Waals surface area (Å²) in [5.74, 6) is -0.918. The Morgan fingerprint density at radius 2 is 1.74 bits per heavy atom. The van der Waals surface area contributed by atoms with Crippen molar-refractivity contribution in [1.82, 2.24) is 0 Å². The van der Waals surface area contributed by atoms with Gasteiger partial charge in [-0.25, -0.2) is 17.6 Å². The van der Waals surface area contributed by atoms with Crippen LogP contribution in [0.3, 0.4) is 0 Å². The lowest BCUT2D eigenvalue weighted by Crippen LogP contribution is -2.20. The van der Waals surface area contributed by atoms with Crippen LogP contribution in [-0.2, 0) is 15.6 Å². The van der Waals surface area contributed by atoms with E-state index in [4.69, 9.17) is 0 Å². The Morgan fingerprint density at radius 1 is 1.09 bits per heavy atom. The van der Waals surface area contributed by atoms with Crippen molar-refractivity contribution in [3.8, 4) is 0 Å². The second-order valence-corrected chi connectivity index (χ2v) is 7.46. The zero-order valence-corrected chi connectivity index (χ0v) is 13.6. The van der Waals surface area contributed by atoms with E-state index < -0.39 is 21.7 Å². The van der Waals surface area contributed by atoms with Crippen LogP contribution in [0.15, 0.2) is 42.5 Å². The van der Waals surface area contributed by atoms with Gasteiger partial charge in [-0.15, -0.1) is 0 Å². The van der Waals surface area contributed by atoms with Crippen molar-refractivity contribution >= 4 is 27.2 Å². The van der Waals surface area contributed by atoms with Crippen LogP contribution in [0.5, 0.6) is 0 Å². The number of sulfone groups is 1. The third-order valence-electron chi connectivity index (χ3n) is 3.04. The van der Waals surface area contributed by atoms with Gasteiger partial charge in [-0.3, -0.25) is 0 Å². The SMILES string of the molecule is Cc1ccc(NC(=O)Nc2ccc(F)cc2CS(C)(=O)=O)cc1. The van der Waals surface area contributed by atoms with Gasteiger partial charge in [0.15, 0.2) is 9.84 Å². The molecule has 0 unspecified atom stereocenters. The molecule has 0 saturated heterocycles. The van der Waals surface area contributed by atoms with Crippen molar-refractivity contribution in [2.75, 3.05) is 16.9 Å². The van der Waals surface area contributed by atoms with Gasteiger partial charge in [0, 0.05) is 17.6 Å². The number of hydrogen-bond donors (Lipinski definition) is 2. The van der Waals surface area contributed by atoms with Gasteiger partial charge in [0.2, 0.25) is 0 Å². The first kappa shape index (κ1) is 17.0. The van der Waals surface area contributed by atoms with Crippen LogP contribution in [0.25, 0.3) is 0 Å². The number of urea groups is 1. The Labute approximate surface area is 134 Å². The van der Waals surface area contributed by atoms with Crippen molar-refractivity contribution in [1.29, 1.82) is 0 Å². The standard InChI is InChI=1S/C16H17FN2O3S/c1-11-3-6-14(7-4-11)18-16(20)19-15-8-5-13(17)9-12(15)10-23(2,21)22/h3-9H,10H2,1-2H3,(H2,18,19,20). The Balaban J connectivity index is 2.15. The Kier molecular flexibility index (Phi) is 5.00. The number of rotatable bonds is 4. The fraction of sp³-hybridized carbons (Fsp3) is 0.188. The van der Waals surface area contributed by atoms with Gasteiger partial charge in [-0.05, 0) is 42.8 Å². The lowest BCUT2D eigenvalue weighted by Gasteiger charge is -2.12. The highest BCUT2D eigenvalue weighted by molar-refractivity contribution is 7.89. The summed E-state index contributed by atoms with van der Waals surface area (Å²) in [7, 11) is -3.35. The molecule has 2 aromatic carbocycles. The van der Waals surface area contributed by atoms with Gasteiger partial charge in [-0.2, -0.15) is 0 Å². The summed E-state index contributed by atoms with van der Waals surface area (Å²) in [4.78, 5) is 12.0. The van der Waals surface area contributed by atoms with Gasteiger partial charge in [0.05, 0.1) is 5.75 Å². The first-order chi connectivity index (χ1) is 10.7. The predicted molar refractivity (Wildman–Crippen MR) is 88.8 cm³/mol. The fourth-order valence-corrected chi connectivity index (χ4v) is 2.81. The molecule has 0 radical (unpaired) electrons. The molecule has 2 amide bonds. The molecule has 2 rings (SSSR count). The number of benzene rings is 2. The molecule has 122 valence electrons. The van der Waals surface area contributed by atoms with E-state index in [9.17, 15) is 17.6 Å². The van der Waals surface area contributed by atoms with E-state index in [2.05, 4.69) is 10.6 Å². The molecule has 2 aromatic rings. The summed E-state index contributed by atoms with van der Waals surface area (Å²) in [6.07, 6.45) is 1.05. The Morgan fingerprint density at radius 3 is 2.35 bits per heavy atom. The lowest BCUT2D eigenvalue weighted by atomic mass is 10.2. The van der Waals surface area contributed by atoms with E-state index in [1.807, 2.05) is 19.1 Å². The molecular formula is C16H17FN2O3S. The minimum Gasteiger partial charge on any atom is -0.308 e. The van der Waals surface area contributed by atoms with Gasteiger partial charge >= 0.3 is 6.03 Å². The van der Waals surface area contributed by atoms with Crippen LogP contribution in [0.1, 0.15) is 11.1 Å². The summed E-state index contributed by atoms with van der Waals surface area (Å²) >= 11 is 0. The first-order valence-corrected chi connectivity index (χ1v) is 8.90. The summed E-state index contributed by atoms with van der Waals surface area (Å²) in [5.41, 5.74) is 2.11. The van der Waals surface area contributed by atoms with E-state index in [-0.39, 0.29) is 17.0 Å². The van der Waals surface area contributed by atoms with Crippen LogP contribution in [-0.4, -0.2) is 20.7 Å². The summed E-state index contributed by atoms with van der Waals surface area (Å²) in [5, 5.41) is 5.17. The number of halogens is 1. The molecule has 0 bridgehead atoms. The first-order valence-electron chi connectivity index (χ1n) is 6.84. The average molecular weight is 336 g/mol. The third-order valence-corrected chi connectivity index (χ3v) is 3.88. The quantitative estimate of drug-likeness (QED) is 0.899. The topological polar surface area (TPSA) is 75.3 Å². The molecule has 0 heterocycles. The molecule has 0 aliphatic carbocycles. The van der Waals surface area contributed by atoms with E-state index in [1.165, 1.54) is 6.07 Å². The second-order valence-electron chi connectivity index (χ2n) is 5.32. The Hall–Kier alpha value is -2.41. The van der Waals surface area contributed by atoms with Crippen molar-refractivity contribution < 1.29 is 17.6 Å². The monoisotopic (exact) mass is 336 g/mol. The normalized spacial score (nSPS) is 11.1. The molecule has 23 heavy (non-hydrogen) atoms. The maximum Gasteiger partial charge on any atom is 0.323 e. The smallest absolute Gasteiger partial charge is 0.308 e. The number of carbonyl (C=O) groups excluding carboxylic acids is 1. The van der Waals surface area contributed by atoms with Crippen LogP contribution in [0.2, 0.25) is 0 Å². The van der Waals surface area contributed by atoms with Crippen molar-refractivity contribution in [2.24, 2.45) is 0 Å². The maximum absolute atomic E-state index is 13.3.